The number of ether oxygens (including phenoxy) is 1. The highest BCUT2D eigenvalue weighted by Crippen LogP contribution is 2.01. The molecular weight excluding hydrogens is 232 g/mol. The summed E-state index contributed by atoms with van der Waals surface area (Å²) < 4.78 is 7.58. The van der Waals surface area contributed by atoms with Crippen molar-refractivity contribution in [2.45, 2.75) is 6.54 Å². The van der Waals surface area contributed by atoms with Crippen LogP contribution in [0.25, 0.3) is 5.69 Å². The van der Waals surface area contributed by atoms with Crippen molar-refractivity contribution in [1.82, 2.24) is 9.13 Å². The Morgan fingerprint density at radius 3 is 2.44 bits per heavy atom. The van der Waals surface area contributed by atoms with Crippen molar-refractivity contribution in [2.75, 3.05) is 13.7 Å². The Kier molecular flexibility index (Phi) is 3.74. The SMILES string of the molecule is COCCn1ccn(-c2ccccc2)c(=O)c1=O. The van der Waals surface area contributed by atoms with Gasteiger partial charge in [-0.2, -0.15) is 0 Å². The van der Waals surface area contributed by atoms with Gasteiger partial charge >= 0.3 is 11.1 Å². The predicted octanol–water partition coefficient (Wildman–Crippen LogP) is 0.646. The Labute approximate surface area is 104 Å². The molecule has 0 aliphatic heterocycles. The number of para-hydroxylation sites is 1. The van der Waals surface area contributed by atoms with Crippen LogP contribution in [-0.2, 0) is 11.3 Å². The fourth-order valence-electron chi connectivity index (χ4n) is 1.67. The summed E-state index contributed by atoms with van der Waals surface area (Å²) in [6.07, 6.45) is 3.18. The Hall–Kier alpha value is -2.14. The fourth-order valence-corrected chi connectivity index (χ4v) is 1.67. The van der Waals surface area contributed by atoms with Gasteiger partial charge in [-0.1, -0.05) is 18.2 Å². The molecule has 0 N–H and O–H groups in total. The van der Waals surface area contributed by atoms with Crippen molar-refractivity contribution in [3.63, 3.8) is 0 Å². The quantitative estimate of drug-likeness (QED) is 0.744. The van der Waals surface area contributed by atoms with Crippen molar-refractivity contribution in [3.8, 4) is 5.69 Å². The molecule has 0 fully saturated rings. The van der Waals surface area contributed by atoms with E-state index in [0.29, 0.717) is 18.8 Å². The molecule has 18 heavy (non-hydrogen) atoms. The molecule has 0 radical (unpaired) electrons. The van der Waals surface area contributed by atoms with Crippen molar-refractivity contribution in [3.05, 3.63) is 63.4 Å². The molecule has 2 rings (SSSR count). The average Bonchev–Trinajstić information content (AvgIpc) is 2.41. The average molecular weight is 246 g/mol. The highest BCUT2D eigenvalue weighted by Gasteiger charge is 2.05. The normalized spacial score (nSPS) is 10.5. The van der Waals surface area contributed by atoms with Crippen molar-refractivity contribution in [1.29, 1.82) is 0 Å². The Bertz CT molecular complexity index is 629. The third-order valence-corrected chi connectivity index (χ3v) is 2.63. The standard InChI is InChI=1S/C13H14N2O3/c1-18-10-9-14-7-8-15(13(17)12(14)16)11-5-3-2-4-6-11/h2-8H,9-10H2,1H3. The summed E-state index contributed by atoms with van der Waals surface area (Å²) >= 11 is 0. The summed E-state index contributed by atoms with van der Waals surface area (Å²) in [5, 5.41) is 0. The molecule has 0 atom stereocenters. The van der Waals surface area contributed by atoms with Gasteiger partial charge in [0.05, 0.1) is 6.61 Å². The first-order chi connectivity index (χ1) is 8.74. The topological polar surface area (TPSA) is 53.2 Å². The minimum Gasteiger partial charge on any atom is -0.383 e. The number of methoxy groups -OCH3 is 1. The molecule has 2 aromatic rings. The fraction of sp³-hybridized carbons (Fsp3) is 0.231. The first kappa shape index (κ1) is 12.3. The van der Waals surface area contributed by atoms with Gasteiger partial charge < -0.3 is 9.30 Å². The van der Waals surface area contributed by atoms with E-state index in [0.717, 1.165) is 0 Å². The minimum atomic E-state index is -0.556. The molecule has 5 heteroatoms. The highest BCUT2D eigenvalue weighted by atomic mass is 16.5. The molecule has 0 bridgehead atoms. The van der Waals surface area contributed by atoms with E-state index < -0.39 is 11.1 Å². The first-order valence-electron chi connectivity index (χ1n) is 5.60. The molecule has 1 aromatic heterocycles. The second-order valence-electron chi connectivity index (χ2n) is 3.80. The van der Waals surface area contributed by atoms with Crippen LogP contribution in [0.1, 0.15) is 0 Å². The summed E-state index contributed by atoms with van der Waals surface area (Å²) in [5.74, 6) is 0. The van der Waals surface area contributed by atoms with Gasteiger partial charge in [0, 0.05) is 31.7 Å². The van der Waals surface area contributed by atoms with Gasteiger partial charge in [0.1, 0.15) is 0 Å². The largest absolute Gasteiger partial charge is 0.383 e. The number of rotatable bonds is 4. The van der Waals surface area contributed by atoms with E-state index in [1.54, 1.807) is 31.6 Å². The maximum absolute atomic E-state index is 11.9. The van der Waals surface area contributed by atoms with Gasteiger partial charge in [0.2, 0.25) is 0 Å². The van der Waals surface area contributed by atoms with Crippen LogP contribution >= 0.6 is 0 Å². The van der Waals surface area contributed by atoms with E-state index in [1.165, 1.54) is 9.13 Å². The molecule has 0 saturated carbocycles. The predicted molar refractivity (Wildman–Crippen MR) is 68.2 cm³/mol. The Morgan fingerprint density at radius 1 is 1.06 bits per heavy atom. The van der Waals surface area contributed by atoms with Gasteiger partial charge in [-0.05, 0) is 12.1 Å². The van der Waals surface area contributed by atoms with E-state index >= 15 is 0 Å². The molecule has 0 saturated heterocycles. The summed E-state index contributed by atoms with van der Waals surface area (Å²) in [6, 6.07) is 9.05. The van der Waals surface area contributed by atoms with Gasteiger partial charge in [0.25, 0.3) is 0 Å². The summed E-state index contributed by atoms with van der Waals surface area (Å²) in [5.41, 5.74) is -0.420. The number of aromatic nitrogens is 2. The van der Waals surface area contributed by atoms with Crippen molar-refractivity contribution in [2.24, 2.45) is 0 Å². The zero-order valence-electron chi connectivity index (χ0n) is 10.1. The van der Waals surface area contributed by atoms with Crippen LogP contribution in [0.15, 0.2) is 52.3 Å². The van der Waals surface area contributed by atoms with Crippen molar-refractivity contribution >= 4 is 0 Å². The Morgan fingerprint density at radius 2 is 1.78 bits per heavy atom. The maximum atomic E-state index is 11.9. The van der Waals surface area contributed by atoms with E-state index in [1.807, 2.05) is 18.2 Å². The van der Waals surface area contributed by atoms with E-state index in [-0.39, 0.29) is 0 Å². The molecule has 0 amide bonds. The van der Waals surface area contributed by atoms with E-state index in [2.05, 4.69) is 0 Å². The summed E-state index contributed by atoms with van der Waals surface area (Å²) in [4.78, 5) is 23.8. The van der Waals surface area contributed by atoms with Crippen LogP contribution in [0.3, 0.4) is 0 Å². The lowest BCUT2D eigenvalue weighted by molar-refractivity contribution is 0.186. The third kappa shape index (κ3) is 2.41. The molecule has 0 aliphatic rings. The molecule has 1 heterocycles. The zero-order valence-corrected chi connectivity index (χ0v) is 10.1. The van der Waals surface area contributed by atoms with Gasteiger partial charge in [-0.25, -0.2) is 0 Å². The first-order valence-corrected chi connectivity index (χ1v) is 5.60. The molecule has 0 aliphatic carbocycles. The van der Waals surface area contributed by atoms with Crippen LogP contribution in [0.2, 0.25) is 0 Å². The van der Waals surface area contributed by atoms with Crippen LogP contribution in [0.5, 0.6) is 0 Å². The number of hydrogen-bond acceptors (Lipinski definition) is 3. The van der Waals surface area contributed by atoms with Gasteiger partial charge in [-0.15, -0.1) is 0 Å². The van der Waals surface area contributed by atoms with Crippen LogP contribution in [0, 0.1) is 0 Å². The maximum Gasteiger partial charge on any atom is 0.320 e. The number of benzene rings is 1. The van der Waals surface area contributed by atoms with Crippen LogP contribution in [0.4, 0.5) is 0 Å². The smallest absolute Gasteiger partial charge is 0.320 e. The molecule has 0 spiro atoms. The lowest BCUT2D eigenvalue weighted by Gasteiger charge is -2.08. The monoisotopic (exact) mass is 246 g/mol. The lowest BCUT2D eigenvalue weighted by atomic mass is 10.3. The molecule has 5 nitrogen and oxygen atoms in total. The van der Waals surface area contributed by atoms with Crippen molar-refractivity contribution < 1.29 is 4.74 Å². The second-order valence-corrected chi connectivity index (χ2v) is 3.80. The molecule has 1 aromatic carbocycles. The number of nitrogens with zero attached hydrogens (tertiary/aromatic N) is 2. The zero-order chi connectivity index (χ0) is 13.0. The molecule has 94 valence electrons. The van der Waals surface area contributed by atoms with Crippen LogP contribution in [-0.4, -0.2) is 22.9 Å². The van der Waals surface area contributed by atoms with Gasteiger partial charge in [0.15, 0.2) is 0 Å². The highest BCUT2D eigenvalue weighted by molar-refractivity contribution is 5.30. The summed E-state index contributed by atoms with van der Waals surface area (Å²) in [6.45, 7) is 0.773. The minimum absolute atomic E-state index is 0.375. The van der Waals surface area contributed by atoms with Crippen LogP contribution < -0.4 is 11.1 Å². The molecule has 0 unspecified atom stereocenters. The van der Waals surface area contributed by atoms with E-state index in [4.69, 9.17) is 4.74 Å². The van der Waals surface area contributed by atoms with E-state index in [9.17, 15) is 9.59 Å². The second kappa shape index (κ2) is 5.46. The van der Waals surface area contributed by atoms with Gasteiger partial charge in [-0.3, -0.25) is 14.2 Å². The summed E-state index contributed by atoms with van der Waals surface area (Å²) in [7, 11) is 1.55. The lowest BCUT2D eigenvalue weighted by Crippen LogP contribution is -2.40. The third-order valence-electron chi connectivity index (χ3n) is 2.63. The molecular formula is C13H14N2O3. The Balaban J connectivity index is 2.45. The number of hydrogen-bond donors (Lipinski definition) is 0.